The van der Waals surface area contributed by atoms with Crippen LogP contribution in [0.5, 0.6) is 0 Å². The highest BCUT2D eigenvalue weighted by atomic mass is 16.1. The summed E-state index contributed by atoms with van der Waals surface area (Å²) in [5.74, 6) is 0.0904. The molecule has 0 saturated carbocycles. The highest BCUT2D eigenvalue weighted by Crippen LogP contribution is 2.38. The molecule has 1 N–H and O–H groups in total. The molecule has 1 unspecified atom stereocenters. The van der Waals surface area contributed by atoms with Gasteiger partial charge in [0.2, 0.25) is 0 Å². The van der Waals surface area contributed by atoms with Crippen LogP contribution in [0.3, 0.4) is 0 Å². The maximum absolute atomic E-state index is 12.7. The SMILES string of the molecule is CC(C)c1ccc(C(=O)Nc2ccc3c(c2)C2CCCN2CC3)cc1C#N. The van der Waals surface area contributed by atoms with Gasteiger partial charge in [0.15, 0.2) is 0 Å². The van der Waals surface area contributed by atoms with Gasteiger partial charge in [-0.15, -0.1) is 0 Å². The molecule has 2 aromatic carbocycles. The number of nitriles is 1. The van der Waals surface area contributed by atoms with Crippen LogP contribution in [0, 0.1) is 11.3 Å². The fraction of sp³-hybridized carbons (Fsp3) is 0.391. The van der Waals surface area contributed by atoms with E-state index >= 15 is 0 Å². The minimum absolute atomic E-state index is 0.166. The zero-order valence-electron chi connectivity index (χ0n) is 16.0. The lowest BCUT2D eigenvalue weighted by atomic mass is 9.92. The van der Waals surface area contributed by atoms with Crippen molar-refractivity contribution in [1.29, 1.82) is 5.26 Å². The van der Waals surface area contributed by atoms with E-state index in [0.717, 1.165) is 24.2 Å². The van der Waals surface area contributed by atoms with Gasteiger partial charge in [-0.25, -0.2) is 0 Å². The number of benzene rings is 2. The number of rotatable bonds is 3. The van der Waals surface area contributed by atoms with Crippen molar-refractivity contribution in [3.05, 3.63) is 64.2 Å². The van der Waals surface area contributed by atoms with E-state index in [4.69, 9.17) is 0 Å². The number of fused-ring (bicyclic) bond motifs is 3. The van der Waals surface area contributed by atoms with Crippen molar-refractivity contribution < 1.29 is 4.79 Å². The third-order valence-electron chi connectivity index (χ3n) is 5.85. The Morgan fingerprint density at radius 3 is 2.85 bits per heavy atom. The number of amides is 1. The first-order chi connectivity index (χ1) is 13.1. The first-order valence-corrected chi connectivity index (χ1v) is 9.79. The van der Waals surface area contributed by atoms with Gasteiger partial charge in [-0.3, -0.25) is 9.69 Å². The predicted octanol–water partition coefficient (Wildman–Crippen LogP) is 4.63. The molecule has 2 aliphatic rings. The molecule has 0 radical (unpaired) electrons. The van der Waals surface area contributed by atoms with Gasteiger partial charge in [0.1, 0.15) is 0 Å². The zero-order valence-corrected chi connectivity index (χ0v) is 16.0. The number of nitrogens with zero attached hydrogens (tertiary/aromatic N) is 2. The molecule has 2 aromatic rings. The standard InChI is InChI=1S/C23H25N3O/c1-15(2)20-8-6-17(12-18(20)14-24)23(27)25-19-7-5-16-9-11-26-10-3-4-22(26)21(16)13-19/h5-8,12-13,15,22H,3-4,9-11H2,1-2H3,(H,25,27). The van der Waals surface area contributed by atoms with E-state index in [2.05, 4.69) is 42.3 Å². The maximum atomic E-state index is 12.7. The number of carbonyl (C=O) groups is 1. The van der Waals surface area contributed by atoms with E-state index in [1.54, 1.807) is 6.07 Å². The first kappa shape index (κ1) is 17.8. The van der Waals surface area contributed by atoms with Crippen molar-refractivity contribution in [2.24, 2.45) is 0 Å². The summed E-state index contributed by atoms with van der Waals surface area (Å²) < 4.78 is 0. The average Bonchev–Trinajstić information content (AvgIpc) is 3.16. The van der Waals surface area contributed by atoms with Crippen LogP contribution in [0.15, 0.2) is 36.4 Å². The highest BCUT2D eigenvalue weighted by molar-refractivity contribution is 6.04. The summed E-state index contributed by atoms with van der Waals surface area (Å²) in [5.41, 5.74) is 5.68. The lowest BCUT2D eigenvalue weighted by Crippen LogP contribution is -2.31. The Hall–Kier alpha value is -2.64. The molecule has 138 valence electrons. The molecule has 1 atom stereocenters. The third-order valence-corrected chi connectivity index (χ3v) is 5.85. The highest BCUT2D eigenvalue weighted by Gasteiger charge is 2.31. The Kier molecular flexibility index (Phi) is 4.72. The topological polar surface area (TPSA) is 56.1 Å². The van der Waals surface area contributed by atoms with Gasteiger partial charge in [0.05, 0.1) is 11.6 Å². The Balaban J connectivity index is 1.57. The summed E-state index contributed by atoms with van der Waals surface area (Å²) >= 11 is 0. The molecule has 1 amide bonds. The first-order valence-electron chi connectivity index (χ1n) is 9.79. The van der Waals surface area contributed by atoms with Crippen molar-refractivity contribution in [2.75, 3.05) is 18.4 Å². The second-order valence-electron chi connectivity index (χ2n) is 7.88. The molecule has 27 heavy (non-hydrogen) atoms. The van der Waals surface area contributed by atoms with E-state index in [-0.39, 0.29) is 11.8 Å². The van der Waals surface area contributed by atoms with E-state index in [1.807, 2.05) is 18.2 Å². The molecule has 2 aliphatic heterocycles. The number of nitrogens with one attached hydrogen (secondary N) is 1. The summed E-state index contributed by atoms with van der Waals surface area (Å²) in [5, 5.41) is 12.4. The Bertz CT molecular complexity index is 926. The second kappa shape index (κ2) is 7.17. The molecule has 2 heterocycles. The molecular formula is C23H25N3O. The minimum Gasteiger partial charge on any atom is -0.322 e. The summed E-state index contributed by atoms with van der Waals surface area (Å²) in [4.78, 5) is 15.3. The minimum atomic E-state index is -0.166. The van der Waals surface area contributed by atoms with E-state index in [1.165, 1.54) is 30.5 Å². The van der Waals surface area contributed by atoms with Gasteiger partial charge in [-0.2, -0.15) is 5.26 Å². The Morgan fingerprint density at radius 2 is 2.07 bits per heavy atom. The van der Waals surface area contributed by atoms with Crippen LogP contribution in [0.4, 0.5) is 5.69 Å². The molecule has 4 rings (SSSR count). The van der Waals surface area contributed by atoms with Crippen molar-refractivity contribution in [3.8, 4) is 6.07 Å². The smallest absolute Gasteiger partial charge is 0.255 e. The normalized spacial score (nSPS) is 18.7. The molecule has 1 fully saturated rings. The van der Waals surface area contributed by atoms with Gasteiger partial charge in [-0.05, 0) is 72.7 Å². The fourth-order valence-electron chi connectivity index (χ4n) is 4.42. The summed E-state index contributed by atoms with van der Waals surface area (Å²) in [6.07, 6.45) is 3.54. The molecule has 0 aromatic heterocycles. The fourth-order valence-corrected chi connectivity index (χ4v) is 4.42. The summed E-state index contributed by atoms with van der Waals surface area (Å²) in [6, 6.07) is 14.4. The summed E-state index contributed by atoms with van der Waals surface area (Å²) in [7, 11) is 0. The monoisotopic (exact) mass is 359 g/mol. The van der Waals surface area contributed by atoms with Gasteiger partial charge in [0, 0.05) is 23.8 Å². The van der Waals surface area contributed by atoms with Crippen molar-refractivity contribution in [1.82, 2.24) is 4.90 Å². The predicted molar refractivity (Wildman–Crippen MR) is 107 cm³/mol. The van der Waals surface area contributed by atoms with Crippen LogP contribution in [-0.2, 0) is 6.42 Å². The second-order valence-corrected chi connectivity index (χ2v) is 7.88. The molecule has 0 spiro atoms. The van der Waals surface area contributed by atoms with Crippen molar-refractivity contribution in [3.63, 3.8) is 0 Å². The number of anilines is 1. The molecular weight excluding hydrogens is 334 g/mol. The Labute approximate surface area is 160 Å². The third kappa shape index (κ3) is 3.36. The molecule has 0 bridgehead atoms. The van der Waals surface area contributed by atoms with E-state index in [9.17, 15) is 10.1 Å². The number of hydrogen-bond acceptors (Lipinski definition) is 3. The molecule has 4 nitrogen and oxygen atoms in total. The number of hydrogen-bond donors (Lipinski definition) is 1. The number of carbonyl (C=O) groups excluding carboxylic acids is 1. The van der Waals surface area contributed by atoms with E-state index in [0.29, 0.717) is 17.2 Å². The summed E-state index contributed by atoms with van der Waals surface area (Å²) in [6.45, 7) is 6.42. The maximum Gasteiger partial charge on any atom is 0.255 e. The molecule has 0 aliphatic carbocycles. The Morgan fingerprint density at radius 1 is 1.22 bits per heavy atom. The largest absolute Gasteiger partial charge is 0.322 e. The van der Waals surface area contributed by atoms with Gasteiger partial charge in [-0.1, -0.05) is 26.0 Å². The van der Waals surface area contributed by atoms with Crippen molar-refractivity contribution in [2.45, 2.75) is 45.1 Å². The van der Waals surface area contributed by atoms with Crippen LogP contribution < -0.4 is 5.32 Å². The average molecular weight is 359 g/mol. The van der Waals surface area contributed by atoms with Gasteiger partial charge >= 0.3 is 0 Å². The van der Waals surface area contributed by atoms with Crippen LogP contribution in [-0.4, -0.2) is 23.9 Å². The lowest BCUT2D eigenvalue weighted by Gasteiger charge is -2.32. The van der Waals surface area contributed by atoms with Crippen molar-refractivity contribution >= 4 is 11.6 Å². The van der Waals surface area contributed by atoms with Crippen LogP contribution in [0.1, 0.15) is 71.3 Å². The molecule has 4 heteroatoms. The lowest BCUT2D eigenvalue weighted by molar-refractivity contribution is 0.102. The van der Waals surface area contributed by atoms with Crippen LogP contribution >= 0.6 is 0 Å². The van der Waals surface area contributed by atoms with Crippen LogP contribution in [0.2, 0.25) is 0 Å². The van der Waals surface area contributed by atoms with E-state index < -0.39 is 0 Å². The van der Waals surface area contributed by atoms with Gasteiger partial charge in [0.25, 0.3) is 5.91 Å². The van der Waals surface area contributed by atoms with Crippen LogP contribution in [0.25, 0.3) is 0 Å². The quantitative estimate of drug-likeness (QED) is 0.869. The zero-order chi connectivity index (χ0) is 19.0. The van der Waals surface area contributed by atoms with Gasteiger partial charge < -0.3 is 5.32 Å². The molecule has 1 saturated heterocycles.